The van der Waals surface area contributed by atoms with Crippen LogP contribution in [0.3, 0.4) is 0 Å². The lowest BCUT2D eigenvalue weighted by Crippen LogP contribution is -2.41. The molecule has 0 bridgehead atoms. The van der Waals surface area contributed by atoms with E-state index in [2.05, 4.69) is 32.7 Å². The number of hydrogen-bond acceptors (Lipinski definition) is 3. The Morgan fingerprint density at radius 3 is 2.44 bits per heavy atom. The topological polar surface area (TPSA) is 35.8 Å². The van der Waals surface area contributed by atoms with Gasteiger partial charge < -0.3 is 13.7 Å². The predicted octanol–water partition coefficient (Wildman–Crippen LogP) is 1.63. The van der Waals surface area contributed by atoms with Gasteiger partial charge >= 0.3 is 7.12 Å². The minimum absolute atomic E-state index is 0.304. The van der Waals surface area contributed by atoms with Crippen LogP contribution in [-0.4, -0.2) is 27.7 Å². The van der Waals surface area contributed by atoms with Crippen LogP contribution in [0.2, 0.25) is 0 Å². The zero-order chi connectivity index (χ0) is 13.0. The molecule has 1 fully saturated rings. The SMILES string of the molecule is CC1(C)OB(c2ccc3cncn3c2)OC1(C)C. The Balaban J connectivity index is 1.96. The van der Waals surface area contributed by atoms with Crippen LogP contribution in [0.15, 0.2) is 30.9 Å². The molecule has 3 rings (SSSR count). The van der Waals surface area contributed by atoms with Crippen molar-refractivity contribution in [3.63, 3.8) is 0 Å². The number of fused-ring (bicyclic) bond motifs is 1. The Kier molecular flexibility index (Phi) is 2.34. The van der Waals surface area contributed by atoms with Crippen LogP contribution >= 0.6 is 0 Å². The second-order valence-corrected chi connectivity index (χ2v) is 5.78. The average Bonchev–Trinajstić information content (AvgIpc) is 2.80. The Morgan fingerprint density at radius 1 is 1.11 bits per heavy atom. The molecule has 0 radical (unpaired) electrons. The van der Waals surface area contributed by atoms with E-state index in [9.17, 15) is 0 Å². The normalized spacial score (nSPS) is 21.7. The highest BCUT2D eigenvalue weighted by molar-refractivity contribution is 6.62. The number of aromatic nitrogens is 2. The van der Waals surface area contributed by atoms with Gasteiger partial charge in [0.2, 0.25) is 0 Å². The second kappa shape index (κ2) is 3.59. The minimum atomic E-state index is -0.318. The standard InChI is InChI=1S/C13H17BN2O2/c1-12(2)13(3,4)18-14(17-12)10-5-6-11-7-15-9-16(11)8-10/h5-9H,1-4H3. The zero-order valence-electron chi connectivity index (χ0n) is 11.2. The molecule has 94 valence electrons. The summed E-state index contributed by atoms with van der Waals surface area (Å²) in [5.74, 6) is 0. The molecule has 1 aliphatic rings. The Bertz CT molecular complexity index is 575. The molecule has 0 spiro atoms. The summed E-state index contributed by atoms with van der Waals surface area (Å²) in [6.45, 7) is 8.23. The van der Waals surface area contributed by atoms with Gasteiger partial charge in [0.25, 0.3) is 0 Å². The minimum Gasteiger partial charge on any atom is -0.399 e. The van der Waals surface area contributed by atoms with Crippen LogP contribution in [0.25, 0.3) is 5.52 Å². The third kappa shape index (κ3) is 1.66. The summed E-state index contributed by atoms with van der Waals surface area (Å²) in [5.41, 5.74) is 1.47. The maximum atomic E-state index is 6.02. The van der Waals surface area contributed by atoms with Crippen LogP contribution in [0.4, 0.5) is 0 Å². The van der Waals surface area contributed by atoms with E-state index < -0.39 is 0 Å². The van der Waals surface area contributed by atoms with Gasteiger partial charge in [-0.15, -0.1) is 0 Å². The molecular formula is C13H17BN2O2. The van der Waals surface area contributed by atoms with Crippen LogP contribution in [0, 0.1) is 0 Å². The fourth-order valence-corrected chi connectivity index (χ4v) is 2.06. The first kappa shape index (κ1) is 11.7. The van der Waals surface area contributed by atoms with Crippen molar-refractivity contribution in [3.05, 3.63) is 30.9 Å². The van der Waals surface area contributed by atoms with Crippen molar-refractivity contribution in [2.24, 2.45) is 0 Å². The maximum absolute atomic E-state index is 6.02. The lowest BCUT2D eigenvalue weighted by atomic mass is 9.80. The Labute approximate surface area is 107 Å². The van der Waals surface area contributed by atoms with Gasteiger partial charge in [-0.3, -0.25) is 0 Å². The monoisotopic (exact) mass is 244 g/mol. The van der Waals surface area contributed by atoms with Gasteiger partial charge in [0.05, 0.1) is 29.2 Å². The molecule has 0 atom stereocenters. The van der Waals surface area contributed by atoms with Crippen molar-refractivity contribution in [2.45, 2.75) is 38.9 Å². The van der Waals surface area contributed by atoms with E-state index >= 15 is 0 Å². The molecule has 18 heavy (non-hydrogen) atoms. The first-order valence-corrected chi connectivity index (χ1v) is 6.16. The maximum Gasteiger partial charge on any atom is 0.496 e. The average molecular weight is 244 g/mol. The van der Waals surface area contributed by atoms with Gasteiger partial charge in [0.15, 0.2) is 0 Å². The van der Waals surface area contributed by atoms with Crippen LogP contribution < -0.4 is 5.46 Å². The number of imidazole rings is 1. The van der Waals surface area contributed by atoms with E-state index in [0.717, 1.165) is 11.0 Å². The summed E-state index contributed by atoms with van der Waals surface area (Å²) < 4.78 is 14.0. The van der Waals surface area contributed by atoms with E-state index in [0.29, 0.717) is 0 Å². The zero-order valence-corrected chi connectivity index (χ0v) is 11.2. The molecule has 1 saturated heterocycles. The van der Waals surface area contributed by atoms with E-state index in [-0.39, 0.29) is 18.3 Å². The highest BCUT2D eigenvalue weighted by Gasteiger charge is 2.51. The van der Waals surface area contributed by atoms with Crippen molar-refractivity contribution < 1.29 is 9.31 Å². The van der Waals surface area contributed by atoms with Crippen LogP contribution in [0.1, 0.15) is 27.7 Å². The first-order valence-electron chi connectivity index (χ1n) is 6.16. The molecule has 2 aromatic heterocycles. The van der Waals surface area contributed by atoms with E-state index in [1.807, 2.05) is 28.9 Å². The lowest BCUT2D eigenvalue weighted by molar-refractivity contribution is 0.00578. The Morgan fingerprint density at radius 2 is 1.78 bits per heavy atom. The molecule has 0 aliphatic carbocycles. The first-order chi connectivity index (χ1) is 8.39. The van der Waals surface area contributed by atoms with E-state index in [1.165, 1.54) is 0 Å². The van der Waals surface area contributed by atoms with Gasteiger partial charge in [-0.2, -0.15) is 0 Å². The fourth-order valence-electron chi connectivity index (χ4n) is 2.06. The van der Waals surface area contributed by atoms with Crippen molar-refractivity contribution in [2.75, 3.05) is 0 Å². The highest BCUT2D eigenvalue weighted by atomic mass is 16.7. The molecule has 0 saturated carbocycles. The summed E-state index contributed by atoms with van der Waals surface area (Å²) in [5, 5.41) is 0. The van der Waals surface area contributed by atoms with Crippen molar-refractivity contribution >= 4 is 18.1 Å². The molecule has 4 nitrogen and oxygen atoms in total. The smallest absolute Gasteiger partial charge is 0.399 e. The molecule has 0 aromatic carbocycles. The third-order valence-electron chi connectivity index (χ3n) is 3.96. The third-order valence-corrected chi connectivity index (χ3v) is 3.96. The molecular weight excluding hydrogens is 227 g/mol. The summed E-state index contributed by atoms with van der Waals surface area (Å²) in [6.07, 6.45) is 5.61. The van der Waals surface area contributed by atoms with Gasteiger partial charge in [-0.25, -0.2) is 4.98 Å². The van der Waals surface area contributed by atoms with Crippen molar-refractivity contribution in [1.82, 2.24) is 9.38 Å². The van der Waals surface area contributed by atoms with Gasteiger partial charge in [-0.1, -0.05) is 6.07 Å². The number of nitrogens with zero attached hydrogens (tertiary/aromatic N) is 2. The predicted molar refractivity (Wildman–Crippen MR) is 70.9 cm³/mol. The van der Waals surface area contributed by atoms with Crippen LogP contribution in [-0.2, 0) is 9.31 Å². The lowest BCUT2D eigenvalue weighted by Gasteiger charge is -2.32. The molecule has 0 N–H and O–H groups in total. The molecule has 2 aromatic rings. The molecule has 0 unspecified atom stereocenters. The van der Waals surface area contributed by atoms with Crippen LogP contribution in [0.5, 0.6) is 0 Å². The molecule has 3 heterocycles. The number of pyridine rings is 1. The summed E-state index contributed by atoms with van der Waals surface area (Å²) in [6, 6.07) is 4.05. The summed E-state index contributed by atoms with van der Waals surface area (Å²) in [7, 11) is -0.318. The van der Waals surface area contributed by atoms with Crippen molar-refractivity contribution in [1.29, 1.82) is 0 Å². The Hall–Kier alpha value is -1.33. The highest BCUT2D eigenvalue weighted by Crippen LogP contribution is 2.36. The van der Waals surface area contributed by atoms with E-state index in [1.54, 1.807) is 6.33 Å². The summed E-state index contributed by atoms with van der Waals surface area (Å²) in [4.78, 5) is 4.11. The largest absolute Gasteiger partial charge is 0.496 e. The van der Waals surface area contributed by atoms with Gasteiger partial charge in [-0.05, 0) is 39.2 Å². The van der Waals surface area contributed by atoms with Gasteiger partial charge in [0, 0.05) is 6.20 Å². The van der Waals surface area contributed by atoms with Crippen molar-refractivity contribution in [3.8, 4) is 0 Å². The summed E-state index contributed by atoms with van der Waals surface area (Å²) >= 11 is 0. The molecule has 0 amide bonds. The van der Waals surface area contributed by atoms with E-state index in [4.69, 9.17) is 9.31 Å². The number of rotatable bonds is 1. The fraction of sp³-hybridized carbons (Fsp3) is 0.462. The molecule has 5 heteroatoms. The molecule has 1 aliphatic heterocycles. The van der Waals surface area contributed by atoms with Gasteiger partial charge in [0.1, 0.15) is 0 Å². The number of hydrogen-bond donors (Lipinski definition) is 0. The second-order valence-electron chi connectivity index (χ2n) is 5.78. The quantitative estimate of drug-likeness (QED) is 0.715.